The molecule has 1 N–H and O–H groups in total. The SMILES string of the molecule is O=S(=O)(NC1COC1)c1ccc(Cl)cc1. The molecule has 0 bridgehead atoms. The van der Waals surface area contributed by atoms with Gasteiger partial charge in [-0.3, -0.25) is 0 Å². The minimum atomic E-state index is -3.43. The zero-order chi connectivity index (χ0) is 10.9. The third kappa shape index (κ3) is 2.49. The highest BCUT2D eigenvalue weighted by molar-refractivity contribution is 7.89. The van der Waals surface area contributed by atoms with Crippen LogP contribution in [0.15, 0.2) is 29.2 Å². The van der Waals surface area contributed by atoms with Gasteiger partial charge in [0.2, 0.25) is 10.0 Å². The summed E-state index contributed by atoms with van der Waals surface area (Å²) < 4.78 is 30.9. The second-order valence-electron chi connectivity index (χ2n) is 3.31. The fourth-order valence-electron chi connectivity index (χ4n) is 1.20. The molecule has 0 saturated carbocycles. The van der Waals surface area contributed by atoms with Crippen LogP contribution in [0.4, 0.5) is 0 Å². The molecule has 0 spiro atoms. The molecule has 1 heterocycles. The van der Waals surface area contributed by atoms with E-state index in [0.717, 1.165) is 0 Å². The van der Waals surface area contributed by atoms with Gasteiger partial charge in [0.05, 0.1) is 24.2 Å². The highest BCUT2D eigenvalue weighted by Crippen LogP contribution is 2.15. The predicted molar refractivity (Wildman–Crippen MR) is 56.4 cm³/mol. The number of hydrogen-bond donors (Lipinski definition) is 1. The molecule has 1 aromatic rings. The Bertz CT molecular complexity index is 439. The van der Waals surface area contributed by atoms with Crippen molar-refractivity contribution in [1.82, 2.24) is 4.72 Å². The Balaban J connectivity index is 2.17. The van der Waals surface area contributed by atoms with Crippen molar-refractivity contribution < 1.29 is 13.2 Å². The molecule has 0 atom stereocenters. The molecule has 1 aliphatic heterocycles. The van der Waals surface area contributed by atoms with Crippen LogP contribution in [-0.2, 0) is 14.8 Å². The number of halogens is 1. The Kier molecular flexibility index (Phi) is 2.97. The standard InChI is InChI=1S/C9H10ClNO3S/c10-7-1-3-9(4-2-7)15(12,13)11-8-5-14-6-8/h1-4,8,11H,5-6H2. The van der Waals surface area contributed by atoms with Crippen LogP contribution in [0.1, 0.15) is 0 Å². The smallest absolute Gasteiger partial charge is 0.240 e. The first-order valence-corrected chi connectivity index (χ1v) is 6.30. The van der Waals surface area contributed by atoms with E-state index >= 15 is 0 Å². The summed E-state index contributed by atoms with van der Waals surface area (Å²) in [6.45, 7) is 0.875. The lowest BCUT2D eigenvalue weighted by Gasteiger charge is -2.26. The van der Waals surface area contributed by atoms with Crippen LogP contribution in [0.2, 0.25) is 5.02 Å². The molecule has 0 aliphatic carbocycles. The molecule has 1 aliphatic rings. The van der Waals surface area contributed by atoms with Crippen LogP contribution in [-0.4, -0.2) is 27.7 Å². The normalized spacial score (nSPS) is 17.4. The minimum Gasteiger partial charge on any atom is -0.378 e. The molecule has 1 fully saturated rings. The summed E-state index contributed by atoms with van der Waals surface area (Å²) in [5.74, 6) is 0. The van der Waals surface area contributed by atoms with Crippen molar-refractivity contribution in [2.75, 3.05) is 13.2 Å². The zero-order valence-corrected chi connectivity index (χ0v) is 9.38. The molecular weight excluding hydrogens is 238 g/mol. The van der Waals surface area contributed by atoms with Gasteiger partial charge >= 0.3 is 0 Å². The van der Waals surface area contributed by atoms with E-state index in [1.54, 1.807) is 12.1 Å². The predicted octanol–water partition coefficient (Wildman–Crippen LogP) is 1.02. The average Bonchev–Trinajstić information content (AvgIpc) is 2.13. The van der Waals surface area contributed by atoms with Crippen LogP contribution in [0.3, 0.4) is 0 Å². The first-order valence-electron chi connectivity index (χ1n) is 4.43. The van der Waals surface area contributed by atoms with Gasteiger partial charge in [0.25, 0.3) is 0 Å². The number of benzene rings is 1. The van der Waals surface area contributed by atoms with Crippen molar-refractivity contribution in [3.8, 4) is 0 Å². The number of rotatable bonds is 3. The summed E-state index contributed by atoms with van der Waals surface area (Å²) in [4.78, 5) is 0.221. The van der Waals surface area contributed by atoms with E-state index in [9.17, 15) is 8.42 Å². The molecular formula is C9H10ClNO3S. The van der Waals surface area contributed by atoms with Gasteiger partial charge in [-0.2, -0.15) is 0 Å². The van der Waals surface area contributed by atoms with Crippen molar-refractivity contribution in [3.05, 3.63) is 29.3 Å². The lowest BCUT2D eigenvalue weighted by Crippen LogP contribution is -2.48. The summed E-state index contributed by atoms with van der Waals surface area (Å²) in [6.07, 6.45) is 0. The summed E-state index contributed by atoms with van der Waals surface area (Å²) in [7, 11) is -3.43. The van der Waals surface area contributed by atoms with Crippen molar-refractivity contribution in [2.45, 2.75) is 10.9 Å². The van der Waals surface area contributed by atoms with Gasteiger partial charge in [0.15, 0.2) is 0 Å². The van der Waals surface area contributed by atoms with Crippen molar-refractivity contribution in [1.29, 1.82) is 0 Å². The second kappa shape index (κ2) is 4.09. The first kappa shape index (κ1) is 10.9. The number of nitrogens with one attached hydrogen (secondary N) is 1. The van der Waals surface area contributed by atoms with E-state index in [0.29, 0.717) is 18.2 Å². The topological polar surface area (TPSA) is 55.4 Å². The molecule has 2 rings (SSSR count). The van der Waals surface area contributed by atoms with E-state index in [-0.39, 0.29) is 10.9 Å². The molecule has 82 valence electrons. The van der Waals surface area contributed by atoms with Crippen LogP contribution < -0.4 is 4.72 Å². The fourth-order valence-corrected chi connectivity index (χ4v) is 2.54. The fraction of sp³-hybridized carbons (Fsp3) is 0.333. The third-order valence-corrected chi connectivity index (χ3v) is 3.87. The lowest BCUT2D eigenvalue weighted by molar-refractivity contribution is 0.00482. The summed E-state index contributed by atoms with van der Waals surface area (Å²) in [6, 6.07) is 5.94. The number of sulfonamides is 1. The van der Waals surface area contributed by atoms with E-state index in [2.05, 4.69) is 4.72 Å². The Hall–Kier alpha value is -0.620. The van der Waals surface area contributed by atoms with Crippen LogP contribution in [0.5, 0.6) is 0 Å². The minimum absolute atomic E-state index is 0.106. The Morgan fingerprint density at radius 1 is 1.27 bits per heavy atom. The maximum Gasteiger partial charge on any atom is 0.240 e. The first-order chi connectivity index (χ1) is 7.08. The van der Waals surface area contributed by atoms with E-state index < -0.39 is 10.0 Å². The van der Waals surface area contributed by atoms with Gasteiger partial charge in [-0.15, -0.1) is 0 Å². The highest BCUT2D eigenvalue weighted by Gasteiger charge is 2.25. The van der Waals surface area contributed by atoms with Gasteiger partial charge in [0.1, 0.15) is 0 Å². The summed E-state index contributed by atoms with van der Waals surface area (Å²) in [5.41, 5.74) is 0. The van der Waals surface area contributed by atoms with E-state index in [1.807, 2.05) is 0 Å². The maximum atomic E-state index is 11.7. The quantitative estimate of drug-likeness (QED) is 0.868. The second-order valence-corrected chi connectivity index (χ2v) is 5.46. The van der Waals surface area contributed by atoms with Gasteiger partial charge < -0.3 is 4.74 Å². The van der Waals surface area contributed by atoms with Gasteiger partial charge in [0, 0.05) is 5.02 Å². The maximum absolute atomic E-state index is 11.7. The van der Waals surface area contributed by atoms with Crippen LogP contribution in [0, 0.1) is 0 Å². The van der Waals surface area contributed by atoms with Gasteiger partial charge in [-0.1, -0.05) is 11.6 Å². The number of ether oxygens (including phenoxy) is 1. The summed E-state index contributed by atoms with van der Waals surface area (Å²) in [5, 5.41) is 0.515. The lowest BCUT2D eigenvalue weighted by atomic mass is 10.3. The van der Waals surface area contributed by atoms with Crippen molar-refractivity contribution in [2.24, 2.45) is 0 Å². The van der Waals surface area contributed by atoms with Crippen molar-refractivity contribution in [3.63, 3.8) is 0 Å². The summed E-state index contributed by atoms with van der Waals surface area (Å²) >= 11 is 5.67. The monoisotopic (exact) mass is 247 g/mol. The number of hydrogen-bond acceptors (Lipinski definition) is 3. The van der Waals surface area contributed by atoms with E-state index in [1.165, 1.54) is 12.1 Å². The van der Waals surface area contributed by atoms with E-state index in [4.69, 9.17) is 16.3 Å². The molecule has 1 saturated heterocycles. The molecule has 4 nitrogen and oxygen atoms in total. The molecule has 0 amide bonds. The molecule has 6 heteroatoms. The van der Waals surface area contributed by atoms with Crippen LogP contribution in [0.25, 0.3) is 0 Å². The Morgan fingerprint density at radius 2 is 1.87 bits per heavy atom. The molecule has 0 aromatic heterocycles. The molecule has 0 radical (unpaired) electrons. The van der Waals surface area contributed by atoms with Crippen LogP contribution >= 0.6 is 11.6 Å². The Labute approximate surface area is 93.2 Å². The average molecular weight is 248 g/mol. The molecule has 15 heavy (non-hydrogen) atoms. The zero-order valence-electron chi connectivity index (χ0n) is 7.81. The highest BCUT2D eigenvalue weighted by atomic mass is 35.5. The molecule has 1 aromatic carbocycles. The third-order valence-electron chi connectivity index (χ3n) is 2.08. The van der Waals surface area contributed by atoms with Crippen molar-refractivity contribution >= 4 is 21.6 Å². The van der Waals surface area contributed by atoms with Gasteiger partial charge in [-0.25, -0.2) is 13.1 Å². The van der Waals surface area contributed by atoms with Gasteiger partial charge in [-0.05, 0) is 24.3 Å². The molecule has 0 unspecified atom stereocenters. The largest absolute Gasteiger partial charge is 0.378 e. The Morgan fingerprint density at radius 3 is 2.33 bits per heavy atom.